The van der Waals surface area contributed by atoms with Gasteiger partial charge in [-0.25, -0.2) is 0 Å². The van der Waals surface area contributed by atoms with Crippen LogP contribution in [0.1, 0.15) is 11.3 Å². The first-order chi connectivity index (χ1) is 7.20. The third kappa shape index (κ3) is 2.03. The maximum atomic E-state index is 5.70. The quantitative estimate of drug-likeness (QED) is 0.797. The van der Waals surface area contributed by atoms with E-state index in [4.69, 9.17) is 5.73 Å². The number of fused-ring (bicyclic) bond motifs is 1. The molecule has 1 aromatic heterocycles. The van der Waals surface area contributed by atoms with Crippen molar-refractivity contribution in [2.45, 2.75) is 13.1 Å². The van der Waals surface area contributed by atoms with Crippen molar-refractivity contribution in [2.24, 2.45) is 5.73 Å². The molecule has 0 aliphatic heterocycles. The Morgan fingerprint density at radius 3 is 2.80 bits per heavy atom. The highest BCUT2D eigenvalue weighted by atomic mass is 15.1. The third-order valence-corrected chi connectivity index (χ3v) is 2.52. The van der Waals surface area contributed by atoms with Gasteiger partial charge in [0.05, 0.1) is 0 Å². The average molecular weight is 203 g/mol. The molecule has 1 heterocycles. The summed E-state index contributed by atoms with van der Waals surface area (Å²) in [4.78, 5) is 5.55. The van der Waals surface area contributed by atoms with Gasteiger partial charge in [0.2, 0.25) is 0 Å². The van der Waals surface area contributed by atoms with Crippen LogP contribution in [0, 0.1) is 0 Å². The van der Waals surface area contributed by atoms with E-state index in [9.17, 15) is 0 Å². The van der Waals surface area contributed by atoms with Gasteiger partial charge in [-0.1, -0.05) is 12.1 Å². The first-order valence-electron chi connectivity index (χ1n) is 5.15. The van der Waals surface area contributed by atoms with Gasteiger partial charge in [0.1, 0.15) is 0 Å². The molecule has 3 N–H and O–H groups in total. The van der Waals surface area contributed by atoms with Gasteiger partial charge in [-0.3, -0.25) is 0 Å². The molecule has 0 aliphatic rings. The second-order valence-electron chi connectivity index (χ2n) is 4.11. The molecule has 3 nitrogen and oxygen atoms in total. The van der Waals surface area contributed by atoms with Crippen LogP contribution in [-0.4, -0.2) is 24.0 Å². The van der Waals surface area contributed by atoms with Gasteiger partial charge < -0.3 is 15.6 Å². The van der Waals surface area contributed by atoms with Crippen LogP contribution in [0.4, 0.5) is 0 Å². The van der Waals surface area contributed by atoms with Crippen molar-refractivity contribution in [1.29, 1.82) is 0 Å². The lowest BCUT2D eigenvalue weighted by molar-refractivity contribution is 0.398. The van der Waals surface area contributed by atoms with Crippen molar-refractivity contribution < 1.29 is 0 Å². The molecule has 15 heavy (non-hydrogen) atoms. The Morgan fingerprint density at radius 1 is 1.33 bits per heavy atom. The molecule has 0 bridgehead atoms. The predicted molar refractivity (Wildman–Crippen MR) is 63.6 cm³/mol. The van der Waals surface area contributed by atoms with Gasteiger partial charge >= 0.3 is 0 Å². The molecule has 0 atom stereocenters. The highest BCUT2D eigenvalue weighted by Gasteiger charge is 2.04. The van der Waals surface area contributed by atoms with Crippen LogP contribution < -0.4 is 5.73 Å². The molecule has 3 heteroatoms. The zero-order valence-electron chi connectivity index (χ0n) is 9.25. The largest absolute Gasteiger partial charge is 0.357 e. The number of aromatic nitrogens is 1. The molecular formula is C12H17N3. The Hall–Kier alpha value is -1.32. The number of aromatic amines is 1. The summed E-state index contributed by atoms with van der Waals surface area (Å²) >= 11 is 0. The summed E-state index contributed by atoms with van der Waals surface area (Å²) in [6.07, 6.45) is 0. The number of hydrogen-bond donors (Lipinski definition) is 2. The molecule has 0 saturated carbocycles. The van der Waals surface area contributed by atoms with Gasteiger partial charge in [-0.15, -0.1) is 0 Å². The molecule has 0 fully saturated rings. The van der Waals surface area contributed by atoms with Crippen molar-refractivity contribution >= 4 is 10.9 Å². The van der Waals surface area contributed by atoms with E-state index in [-0.39, 0.29) is 0 Å². The highest BCUT2D eigenvalue weighted by molar-refractivity contribution is 5.83. The minimum atomic E-state index is 0.594. The number of benzene rings is 1. The topological polar surface area (TPSA) is 45.0 Å². The summed E-state index contributed by atoms with van der Waals surface area (Å²) in [5, 5.41) is 1.25. The molecule has 0 amide bonds. The minimum Gasteiger partial charge on any atom is -0.357 e. The van der Waals surface area contributed by atoms with Crippen molar-refractivity contribution in [3.05, 3.63) is 35.5 Å². The van der Waals surface area contributed by atoms with Gasteiger partial charge in [-0.05, 0) is 31.8 Å². The van der Waals surface area contributed by atoms with Crippen molar-refractivity contribution in [3.63, 3.8) is 0 Å². The van der Waals surface area contributed by atoms with Gasteiger partial charge in [0.15, 0.2) is 0 Å². The number of nitrogens with zero attached hydrogens (tertiary/aromatic N) is 1. The van der Waals surface area contributed by atoms with Crippen LogP contribution in [0.2, 0.25) is 0 Å². The maximum absolute atomic E-state index is 5.70. The molecule has 0 unspecified atom stereocenters. The molecule has 80 valence electrons. The first-order valence-corrected chi connectivity index (χ1v) is 5.15. The van der Waals surface area contributed by atoms with E-state index in [1.54, 1.807) is 0 Å². The Morgan fingerprint density at radius 2 is 2.13 bits per heavy atom. The van der Waals surface area contributed by atoms with Crippen LogP contribution in [0.15, 0.2) is 24.3 Å². The van der Waals surface area contributed by atoms with E-state index >= 15 is 0 Å². The third-order valence-electron chi connectivity index (χ3n) is 2.52. The summed E-state index contributed by atoms with van der Waals surface area (Å²) in [6.45, 7) is 1.52. The second kappa shape index (κ2) is 4.04. The fourth-order valence-electron chi connectivity index (χ4n) is 1.88. The summed E-state index contributed by atoms with van der Waals surface area (Å²) in [5.41, 5.74) is 9.31. The normalized spacial score (nSPS) is 11.5. The van der Waals surface area contributed by atoms with Crippen molar-refractivity contribution in [1.82, 2.24) is 9.88 Å². The SMILES string of the molecule is CN(C)Cc1cc2c(CN)cccc2[nH]1. The van der Waals surface area contributed by atoms with Crippen LogP contribution in [-0.2, 0) is 13.1 Å². The Kier molecular flexibility index (Phi) is 2.75. The molecule has 2 aromatic rings. The second-order valence-corrected chi connectivity index (χ2v) is 4.11. The van der Waals surface area contributed by atoms with Gasteiger partial charge in [-0.2, -0.15) is 0 Å². The smallest absolute Gasteiger partial charge is 0.0459 e. The monoisotopic (exact) mass is 203 g/mol. The van der Waals surface area contributed by atoms with Crippen LogP contribution in [0.3, 0.4) is 0 Å². The highest BCUT2D eigenvalue weighted by Crippen LogP contribution is 2.20. The summed E-state index contributed by atoms with van der Waals surface area (Å²) in [6, 6.07) is 8.40. The number of nitrogens with two attached hydrogens (primary N) is 1. The molecule has 1 aromatic carbocycles. The maximum Gasteiger partial charge on any atom is 0.0459 e. The summed E-state index contributed by atoms with van der Waals surface area (Å²) in [7, 11) is 4.13. The van der Waals surface area contributed by atoms with E-state index in [1.165, 1.54) is 22.2 Å². The summed E-state index contributed by atoms with van der Waals surface area (Å²) < 4.78 is 0. The lowest BCUT2D eigenvalue weighted by Crippen LogP contribution is -2.10. The number of hydrogen-bond acceptors (Lipinski definition) is 2. The van der Waals surface area contributed by atoms with Gasteiger partial charge in [0, 0.05) is 29.7 Å². The zero-order valence-corrected chi connectivity index (χ0v) is 9.25. The van der Waals surface area contributed by atoms with E-state index < -0.39 is 0 Å². The molecule has 0 aliphatic carbocycles. The zero-order chi connectivity index (χ0) is 10.8. The lowest BCUT2D eigenvalue weighted by atomic mass is 10.1. The fourth-order valence-corrected chi connectivity index (χ4v) is 1.88. The van der Waals surface area contributed by atoms with Crippen molar-refractivity contribution in [3.8, 4) is 0 Å². The number of H-pyrrole nitrogens is 1. The van der Waals surface area contributed by atoms with Crippen LogP contribution in [0.25, 0.3) is 10.9 Å². The van der Waals surface area contributed by atoms with Crippen molar-refractivity contribution in [2.75, 3.05) is 14.1 Å². The molecule has 0 radical (unpaired) electrons. The molecule has 0 saturated heterocycles. The standard InChI is InChI=1S/C12H17N3/c1-15(2)8-10-6-11-9(7-13)4-3-5-12(11)14-10/h3-6,14H,7-8,13H2,1-2H3. The molecular weight excluding hydrogens is 186 g/mol. The minimum absolute atomic E-state index is 0.594. The Bertz CT molecular complexity index is 457. The van der Waals surface area contributed by atoms with Crippen LogP contribution in [0.5, 0.6) is 0 Å². The van der Waals surface area contributed by atoms with E-state index in [2.05, 4.69) is 42.2 Å². The fraction of sp³-hybridized carbons (Fsp3) is 0.333. The van der Waals surface area contributed by atoms with E-state index in [1.807, 2.05) is 6.07 Å². The first kappa shape index (κ1) is 10.2. The lowest BCUT2D eigenvalue weighted by Gasteiger charge is -2.06. The number of rotatable bonds is 3. The van der Waals surface area contributed by atoms with Gasteiger partial charge in [0.25, 0.3) is 0 Å². The number of nitrogens with one attached hydrogen (secondary N) is 1. The van der Waals surface area contributed by atoms with E-state index in [0.717, 1.165) is 6.54 Å². The molecule has 0 spiro atoms. The molecule has 2 rings (SSSR count). The predicted octanol–water partition coefficient (Wildman–Crippen LogP) is 1.69. The Labute approximate surface area is 89.9 Å². The average Bonchev–Trinajstić information content (AvgIpc) is 2.58. The van der Waals surface area contributed by atoms with E-state index in [0.29, 0.717) is 6.54 Å². The summed E-state index contributed by atoms with van der Waals surface area (Å²) in [5.74, 6) is 0. The Balaban J connectivity index is 2.45. The van der Waals surface area contributed by atoms with Crippen LogP contribution >= 0.6 is 0 Å².